The van der Waals surface area contributed by atoms with Gasteiger partial charge in [-0.3, -0.25) is 4.79 Å². The van der Waals surface area contributed by atoms with Crippen LogP contribution in [0.1, 0.15) is 43.7 Å². The summed E-state index contributed by atoms with van der Waals surface area (Å²) in [6.45, 7) is 6.24. The Labute approximate surface area is 175 Å². The Morgan fingerprint density at radius 2 is 1.69 bits per heavy atom. The molecular weight excluding hydrogens is 380 g/mol. The van der Waals surface area contributed by atoms with Crippen molar-refractivity contribution >= 4 is 28.1 Å². The minimum absolute atomic E-state index is 0.0632. The fraction of sp³-hybridized carbons (Fsp3) is 0.348. The van der Waals surface area contributed by atoms with E-state index in [-0.39, 0.29) is 11.8 Å². The lowest BCUT2D eigenvalue weighted by Crippen LogP contribution is -2.37. The van der Waals surface area contributed by atoms with Crippen molar-refractivity contribution in [1.82, 2.24) is 10.2 Å². The van der Waals surface area contributed by atoms with Crippen LogP contribution in [0.4, 0.5) is 10.8 Å². The standard InChI is InChI=1S/C23H26N4OS/c1-23(2,21(28)25-22-26-24-16-29-22)20(17-8-4-3-5-9-17)18-10-12-19(13-11-18)27-14-6-7-15-27/h3-5,8-13,16,20H,6-7,14-15H2,1-2H3,(H,25,26,28). The number of carbonyl (C=O) groups excluding carboxylic acids is 1. The van der Waals surface area contributed by atoms with Crippen LogP contribution in [0.3, 0.4) is 0 Å². The number of carbonyl (C=O) groups is 1. The fourth-order valence-electron chi connectivity index (χ4n) is 4.14. The molecule has 0 saturated carbocycles. The zero-order valence-electron chi connectivity index (χ0n) is 16.8. The first-order valence-corrected chi connectivity index (χ1v) is 10.9. The number of hydrogen-bond acceptors (Lipinski definition) is 5. The third kappa shape index (κ3) is 4.17. The summed E-state index contributed by atoms with van der Waals surface area (Å²) in [6, 6.07) is 19.0. The van der Waals surface area contributed by atoms with Gasteiger partial charge < -0.3 is 10.2 Å². The zero-order valence-corrected chi connectivity index (χ0v) is 17.7. The first kappa shape index (κ1) is 19.6. The fourth-order valence-corrected chi connectivity index (χ4v) is 4.58. The minimum Gasteiger partial charge on any atom is -0.372 e. The Kier molecular flexibility index (Phi) is 5.62. The zero-order chi connectivity index (χ0) is 20.3. The van der Waals surface area contributed by atoms with Crippen molar-refractivity contribution in [3.8, 4) is 0 Å². The number of hydrogen-bond donors (Lipinski definition) is 1. The largest absolute Gasteiger partial charge is 0.372 e. The van der Waals surface area contributed by atoms with Crippen molar-refractivity contribution in [1.29, 1.82) is 0 Å². The molecule has 0 radical (unpaired) electrons. The Hall–Kier alpha value is -2.73. The minimum atomic E-state index is -0.678. The van der Waals surface area contributed by atoms with Crippen molar-refractivity contribution < 1.29 is 4.79 Å². The van der Waals surface area contributed by atoms with Crippen LogP contribution in [0.25, 0.3) is 0 Å². The molecule has 0 spiro atoms. The van der Waals surface area contributed by atoms with E-state index in [1.807, 2.05) is 32.0 Å². The Bertz CT molecular complexity index is 933. The van der Waals surface area contributed by atoms with Crippen LogP contribution in [-0.2, 0) is 4.79 Å². The Morgan fingerprint density at radius 1 is 1.03 bits per heavy atom. The van der Waals surface area contributed by atoms with Gasteiger partial charge >= 0.3 is 0 Å². The first-order valence-electron chi connectivity index (χ1n) is 10.0. The van der Waals surface area contributed by atoms with E-state index in [1.165, 1.54) is 29.9 Å². The van der Waals surface area contributed by atoms with Gasteiger partial charge in [0.2, 0.25) is 11.0 Å². The topological polar surface area (TPSA) is 58.1 Å². The quantitative estimate of drug-likeness (QED) is 0.630. The summed E-state index contributed by atoms with van der Waals surface area (Å²) in [7, 11) is 0. The van der Waals surface area contributed by atoms with Crippen LogP contribution >= 0.6 is 11.3 Å². The molecule has 2 heterocycles. The molecule has 1 aliphatic rings. The molecule has 1 amide bonds. The van der Waals surface area contributed by atoms with Crippen molar-refractivity contribution in [3.05, 3.63) is 71.2 Å². The molecule has 2 aromatic carbocycles. The van der Waals surface area contributed by atoms with Gasteiger partial charge in [0.15, 0.2) is 0 Å². The third-order valence-corrected chi connectivity index (χ3v) is 6.32. The van der Waals surface area contributed by atoms with Crippen molar-refractivity contribution in [2.75, 3.05) is 23.3 Å². The third-order valence-electron chi connectivity index (χ3n) is 5.72. The number of nitrogens with one attached hydrogen (secondary N) is 1. The molecule has 0 aliphatic carbocycles. The lowest BCUT2D eigenvalue weighted by atomic mass is 9.70. The van der Waals surface area contributed by atoms with E-state index in [1.54, 1.807) is 5.51 Å². The van der Waals surface area contributed by atoms with Gasteiger partial charge in [0.25, 0.3) is 0 Å². The molecule has 29 heavy (non-hydrogen) atoms. The van der Waals surface area contributed by atoms with Crippen LogP contribution in [0.5, 0.6) is 0 Å². The van der Waals surface area contributed by atoms with Gasteiger partial charge in [-0.2, -0.15) is 0 Å². The predicted octanol–water partition coefficient (Wildman–Crippen LogP) is 4.94. The lowest BCUT2D eigenvalue weighted by Gasteiger charge is -2.34. The summed E-state index contributed by atoms with van der Waals surface area (Å²) >= 11 is 1.33. The monoisotopic (exact) mass is 406 g/mol. The molecule has 1 aromatic heterocycles. The highest BCUT2D eigenvalue weighted by Crippen LogP contribution is 2.42. The van der Waals surface area contributed by atoms with Crippen LogP contribution in [0.2, 0.25) is 0 Å². The lowest BCUT2D eigenvalue weighted by molar-refractivity contribution is -0.124. The second-order valence-electron chi connectivity index (χ2n) is 8.05. The molecule has 6 heteroatoms. The summed E-state index contributed by atoms with van der Waals surface area (Å²) in [5.74, 6) is -0.143. The highest BCUT2D eigenvalue weighted by molar-refractivity contribution is 7.13. The summed E-state index contributed by atoms with van der Waals surface area (Å²) in [5, 5.41) is 11.2. The molecule has 1 atom stereocenters. The normalized spacial score (nSPS) is 15.3. The van der Waals surface area contributed by atoms with E-state index >= 15 is 0 Å². The van der Waals surface area contributed by atoms with E-state index in [2.05, 4.69) is 56.8 Å². The summed E-state index contributed by atoms with van der Waals surface area (Å²) in [4.78, 5) is 15.6. The smallest absolute Gasteiger partial charge is 0.232 e. The maximum atomic E-state index is 13.2. The van der Waals surface area contributed by atoms with E-state index in [0.717, 1.165) is 24.2 Å². The number of nitrogens with zero attached hydrogens (tertiary/aromatic N) is 3. The number of aromatic nitrogens is 2. The number of amides is 1. The van der Waals surface area contributed by atoms with Gasteiger partial charge in [0.1, 0.15) is 5.51 Å². The molecule has 4 rings (SSSR count). The highest BCUT2D eigenvalue weighted by Gasteiger charge is 2.39. The highest BCUT2D eigenvalue weighted by atomic mass is 32.1. The van der Waals surface area contributed by atoms with E-state index in [9.17, 15) is 4.79 Å². The van der Waals surface area contributed by atoms with Crippen molar-refractivity contribution in [2.24, 2.45) is 5.41 Å². The van der Waals surface area contributed by atoms with Crippen LogP contribution in [0, 0.1) is 5.41 Å². The average molecular weight is 407 g/mol. The van der Waals surface area contributed by atoms with Gasteiger partial charge in [-0.15, -0.1) is 10.2 Å². The molecule has 1 N–H and O–H groups in total. The van der Waals surface area contributed by atoms with Gasteiger partial charge in [-0.25, -0.2) is 0 Å². The van der Waals surface area contributed by atoms with Crippen molar-refractivity contribution in [2.45, 2.75) is 32.6 Å². The molecule has 3 aromatic rings. The summed E-state index contributed by atoms with van der Waals surface area (Å²) < 4.78 is 0. The maximum absolute atomic E-state index is 13.2. The maximum Gasteiger partial charge on any atom is 0.232 e. The molecule has 0 bridgehead atoms. The summed E-state index contributed by atoms with van der Waals surface area (Å²) in [5.41, 5.74) is 4.46. The molecule has 5 nitrogen and oxygen atoms in total. The second kappa shape index (κ2) is 8.33. The average Bonchev–Trinajstić information content (AvgIpc) is 3.44. The van der Waals surface area contributed by atoms with Gasteiger partial charge in [0, 0.05) is 24.7 Å². The van der Waals surface area contributed by atoms with E-state index < -0.39 is 5.41 Å². The van der Waals surface area contributed by atoms with Gasteiger partial charge in [0.05, 0.1) is 5.41 Å². The van der Waals surface area contributed by atoms with Crippen LogP contribution < -0.4 is 10.2 Å². The molecule has 1 unspecified atom stereocenters. The van der Waals surface area contributed by atoms with E-state index in [4.69, 9.17) is 0 Å². The molecule has 1 fully saturated rings. The Morgan fingerprint density at radius 3 is 2.31 bits per heavy atom. The molecule has 1 aliphatic heterocycles. The Balaban J connectivity index is 1.67. The number of benzene rings is 2. The number of rotatable bonds is 6. The van der Waals surface area contributed by atoms with Crippen LogP contribution in [0.15, 0.2) is 60.1 Å². The second-order valence-corrected chi connectivity index (χ2v) is 8.88. The molecule has 150 valence electrons. The predicted molar refractivity (Wildman–Crippen MR) is 118 cm³/mol. The van der Waals surface area contributed by atoms with Crippen LogP contribution in [-0.4, -0.2) is 29.2 Å². The number of anilines is 2. The SMILES string of the molecule is CC(C)(C(=O)Nc1nncs1)C(c1ccccc1)c1ccc(N2CCCC2)cc1. The van der Waals surface area contributed by atoms with Gasteiger partial charge in [-0.1, -0.05) is 67.6 Å². The first-order chi connectivity index (χ1) is 14.1. The van der Waals surface area contributed by atoms with Crippen molar-refractivity contribution in [3.63, 3.8) is 0 Å². The van der Waals surface area contributed by atoms with Gasteiger partial charge in [-0.05, 0) is 36.1 Å². The molecule has 1 saturated heterocycles. The summed E-state index contributed by atoms with van der Waals surface area (Å²) in [6.07, 6.45) is 2.51. The van der Waals surface area contributed by atoms with E-state index in [0.29, 0.717) is 5.13 Å². The molecular formula is C23H26N4OS.